The number of amides is 1. The standard InChI is InChI=1S/C23H32N2O4S/c1-7-21(25(30(6,27)28)20-12-11-16(2)18(4)15-20)23(26)24-13-14-29-22-10-8-9-17(3)19(22)5/h8-12,15,21H,7,13-14H2,1-6H3,(H,24,26)/t21-/m1/s1. The zero-order chi connectivity index (χ0) is 22.5. The highest BCUT2D eigenvalue weighted by Crippen LogP contribution is 2.25. The molecule has 2 rings (SSSR count). The van der Waals surface area contributed by atoms with E-state index >= 15 is 0 Å². The summed E-state index contributed by atoms with van der Waals surface area (Å²) in [7, 11) is -3.65. The molecule has 2 aromatic carbocycles. The van der Waals surface area contributed by atoms with Gasteiger partial charge in [-0.2, -0.15) is 0 Å². The first-order valence-electron chi connectivity index (χ1n) is 10.1. The van der Waals surface area contributed by atoms with Gasteiger partial charge in [0.15, 0.2) is 0 Å². The SMILES string of the molecule is CC[C@H](C(=O)NCCOc1cccc(C)c1C)N(c1ccc(C)c(C)c1)S(C)(=O)=O. The van der Waals surface area contributed by atoms with Crippen LogP contribution >= 0.6 is 0 Å². The Balaban J connectivity index is 2.10. The molecule has 1 amide bonds. The third kappa shape index (κ3) is 5.75. The van der Waals surface area contributed by atoms with Gasteiger partial charge in [0.05, 0.1) is 18.5 Å². The van der Waals surface area contributed by atoms with Crippen LogP contribution in [-0.4, -0.2) is 39.8 Å². The molecule has 0 fully saturated rings. The van der Waals surface area contributed by atoms with Gasteiger partial charge < -0.3 is 10.1 Å². The van der Waals surface area contributed by atoms with E-state index in [1.54, 1.807) is 19.1 Å². The minimum atomic E-state index is -3.65. The van der Waals surface area contributed by atoms with Crippen molar-refractivity contribution >= 4 is 21.6 Å². The van der Waals surface area contributed by atoms with Crippen molar-refractivity contribution in [3.8, 4) is 5.75 Å². The van der Waals surface area contributed by atoms with E-state index in [0.29, 0.717) is 18.7 Å². The molecule has 0 unspecified atom stereocenters. The molecule has 0 aliphatic heterocycles. The maximum Gasteiger partial charge on any atom is 0.244 e. The Morgan fingerprint density at radius 3 is 2.37 bits per heavy atom. The third-order valence-electron chi connectivity index (χ3n) is 5.29. The Hall–Kier alpha value is -2.54. The number of sulfonamides is 1. The van der Waals surface area contributed by atoms with Crippen molar-refractivity contribution in [3.63, 3.8) is 0 Å². The zero-order valence-electron chi connectivity index (χ0n) is 18.7. The fraction of sp³-hybridized carbons (Fsp3) is 0.435. The number of carbonyl (C=O) groups is 1. The molecule has 1 atom stereocenters. The number of nitrogens with zero attached hydrogens (tertiary/aromatic N) is 1. The number of benzene rings is 2. The number of aryl methyl sites for hydroxylation is 3. The van der Waals surface area contributed by atoms with Crippen LogP contribution in [0.15, 0.2) is 36.4 Å². The molecule has 0 aromatic heterocycles. The van der Waals surface area contributed by atoms with Gasteiger partial charge in [0.1, 0.15) is 18.4 Å². The van der Waals surface area contributed by atoms with Crippen LogP contribution in [0.4, 0.5) is 5.69 Å². The largest absolute Gasteiger partial charge is 0.491 e. The van der Waals surface area contributed by atoms with E-state index in [4.69, 9.17) is 4.74 Å². The molecule has 0 aliphatic carbocycles. The molecule has 0 radical (unpaired) electrons. The lowest BCUT2D eigenvalue weighted by atomic mass is 10.1. The molecule has 2 aromatic rings. The molecule has 0 saturated carbocycles. The highest BCUT2D eigenvalue weighted by molar-refractivity contribution is 7.92. The van der Waals surface area contributed by atoms with Gasteiger partial charge in [0, 0.05) is 0 Å². The molecule has 30 heavy (non-hydrogen) atoms. The quantitative estimate of drug-likeness (QED) is 0.614. The summed E-state index contributed by atoms with van der Waals surface area (Å²) in [5.74, 6) is 0.440. The first-order chi connectivity index (χ1) is 14.1. The van der Waals surface area contributed by atoms with E-state index in [9.17, 15) is 13.2 Å². The van der Waals surface area contributed by atoms with Crippen LogP contribution in [0.2, 0.25) is 0 Å². The Labute approximate surface area is 180 Å². The van der Waals surface area contributed by atoms with E-state index in [2.05, 4.69) is 5.32 Å². The van der Waals surface area contributed by atoms with Gasteiger partial charge in [-0.15, -0.1) is 0 Å². The van der Waals surface area contributed by atoms with Crippen molar-refractivity contribution in [2.45, 2.75) is 47.1 Å². The summed E-state index contributed by atoms with van der Waals surface area (Å²) in [6.07, 6.45) is 1.48. The van der Waals surface area contributed by atoms with E-state index in [1.165, 1.54) is 4.31 Å². The lowest BCUT2D eigenvalue weighted by Gasteiger charge is -2.30. The van der Waals surface area contributed by atoms with Gasteiger partial charge in [-0.3, -0.25) is 9.10 Å². The maximum absolute atomic E-state index is 12.8. The average Bonchev–Trinajstić information content (AvgIpc) is 2.67. The topological polar surface area (TPSA) is 75.7 Å². The van der Waals surface area contributed by atoms with Gasteiger partial charge in [-0.1, -0.05) is 25.1 Å². The normalized spacial score (nSPS) is 12.3. The fourth-order valence-electron chi connectivity index (χ4n) is 3.26. The third-order valence-corrected chi connectivity index (χ3v) is 6.47. The van der Waals surface area contributed by atoms with Crippen LogP contribution in [0.3, 0.4) is 0 Å². The van der Waals surface area contributed by atoms with Crippen LogP contribution in [0.25, 0.3) is 0 Å². The maximum atomic E-state index is 12.8. The second-order valence-electron chi connectivity index (χ2n) is 7.59. The molecule has 0 bridgehead atoms. The van der Waals surface area contributed by atoms with Crippen molar-refractivity contribution in [1.29, 1.82) is 0 Å². The molecule has 6 nitrogen and oxygen atoms in total. The summed E-state index contributed by atoms with van der Waals surface area (Å²) < 4.78 is 32.1. The Morgan fingerprint density at radius 2 is 1.77 bits per heavy atom. The smallest absolute Gasteiger partial charge is 0.244 e. The summed E-state index contributed by atoms with van der Waals surface area (Å²) in [6.45, 7) is 10.3. The Kier molecular flexibility index (Phi) is 7.89. The second-order valence-corrected chi connectivity index (χ2v) is 9.45. The number of anilines is 1. The summed E-state index contributed by atoms with van der Waals surface area (Å²) >= 11 is 0. The van der Waals surface area contributed by atoms with Crippen LogP contribution in [-0.2, 0) is 14.8 Å². The minimum absolute atomic E-state index is 0.285. The van der Waals surface area contributed by atoms with E-state index in [-0.39, 0.29) is 12.5 Å². The predicted molar refractivity (Wildman–Crippen MR) is 122 cm³/mol. The predicted octanol–water partition coefficient (Wildman–Crippen LogP) is 3.66. The molecule has 0 heterocycles. The summed E-state index contributed by atoms with van der Waals surface area (Å²) in [5, 5.41) is 2.82. The van der Waals surface area contributed by atoms with Gasteiger partial charge in [-0.05, 0) is 74.6 Å². The van der Waals surface area contributed by atoms with Crippen molar-refractivity contribution in [3.05, 3.63) is 58.7 Å². The number of nitrogens with one attached hydrogen (secondary N) is 1. The highest BCUT2D eigenvalue weighted by Gasteiger charge is 2.31. The van der Waals surface area contributed by atoms with Gasteiger partial charge in [0.2, 0.25) is 15.9 Å². The first kappa shape index (κ1) is 23.7. The van der Waals surface area contributed by atoms with Crippen molar-refractivity contribution in [2.24, 2.45) is 0 Å². The van der Waals surface area contributed by atoms with Crippen molar-refractivity contribution in [2.75, 3.05) is 23.7 Å². The first-order valence-corrected chi connectivity index (χ1v) is 11.9. The van der Waals surface area contributed by atoms with E-state index in [0.717, 1.165) is 34.3 Å². The lowest BCUT2D eigenvalue weighted by molar-refractivity contribution is -0.122. The van der Waals surface area contributed by atoms with Crippen LogP contribution in [0.1, 0.15) is 35.6 Å². The van der Waals surface area contributed by atoms with Crippen LogP contribution in [0, 0.1) is 27.7 Å². The monoisotopic (exact) mass is 432 g/mol. The van der Waals surface area contributed by atoms with Gasteiger partial charge in [-0.25, -0.2) is 8.42 Å². The van der Waals surface area contributed by atoms with Gasteiger partial charge in [0.25, 0.3) is 0 Å². The summed E-state index contributed by atoms with van der Waals surface area (Å²) in [6, 6.07) is 10.4. The van der Waals surface area contributed by atoms with Crippen LogP contribution < -0.4 is 14.4 Å². The molecule has 7 heteroatoms. The number of hydrogen-bond acceptors (Lipinski definition) is 4. The Bertz CT molecular complexity index is 1000. The average molecular weight is 433 g/mol. The van der Waals surface area contributed by atoms with Crippen molar-refractivity contribution in [1.82, 2.24) is 5.32 Å². The Morgan fingerprint density at radius 1 is 1.07 bits per heavy atom. The number of carbonyl (C=O) groups excluding carboxylic acids is 1. The fourth-order valence-corrected chi connectivity index (χ4v) is 4.46. The highest BCUT2D eigenvalue weighted by atomic mass is 32.2. The van der Waals surface area contributed by atoms with Gasteiger partial charge >= 0.3 is 0 Å². The van der Waals surface area contributed by atoms with Crippen molar-refractivity contribution < 1.29 is 17.9 Å². The molecule has 1 N–H and O–H groups in total. The number of ether oxygens (including phenoxy) is 1. The van der Waals surface area contributed by atoms with E-state index in [1.807, 2.05) is 52.0 Å². The minimum Gasteiger partial charge on any atom is -0.491 e. The summed E-state index contributed by atoms with van der Waals surface area (Å²) in [5.41, 5.74) is 4.73. The molecule has 0 aliphatic rings. The molecular weight excluding hydrogens is 400 g/mol. The second kappa shape index (κ2) is 9.98. The number of hydrogen-bond donors (Lipinski definition) is 1. The molecule has 0 saturated heterocycles. The number of rotatable bonds is 9. The molecule has 164 valence electrons. The lowest BCUT2D eigenvalue weighted by Crippen LogP contribution is -2.50. The van der Waals surface area contributed by atoms with Crippen LogP contribution in [0.5, 0.6) is 5.75 Å². The molecule has 0 spiro atoms. The zero-order valence-corrected chi connectivity index (χ0v) is 19.5. The van der Waals surface area contributed by atoms with E-state index < -0.39 is 16.1 Å². The summed E-state index contributed by atoms with van der Waals surface area (Å²) in [4.78, 5) is 12.8. The molecular formula is C23H32N2O4S.